The summed E-state index contributed by atoms with van der Waals surface area (Å²) >= 11 is 0. The minimum absolute atomic E-state index is 0. The van der Waals surface area contributed by atoms with Gasteiger partial charge in [0.05, 0.1) is 22.5 Å². The molecule has 0 N–H and O–H groups in total. The van der Waals surface area contributed by atoms with Gasteiger partial charge in [-0.2, -0.15) is 0 Å². The largest absolute Gasteiger partial charge is 1.00 e. The Balaban J connectivity index is 0. The quantitative estimate of drug-likeness (QED) is 0.242. The van der Waals surface area contributed by atoms with Crippen LogP contribution in [0, 0.1) is 0 Å². The van der Waals surface area contributed by atoms with Crippen LogP contribution < -0.4 is 51.4 Å². The molecule has 3 atom stereocenters. The number of hydrogen-bond acceptors (Lipinski definition) is 3. The molecule has 0 aromatic rings. The molecule has 0 heterocycles. The fourth-order valence-corrected chi connectivity index (χ4v) is 1.68. The van der Waals surface area contributed by atoms with E-state index in [1.54, 1.807) is 0 Å². The van der Waals surface area contributed by atoms with Gasteiger partial charge in [-0.05, 0) is 19.3 Å². The predicted molar refractivity (Wildman–Crippen MR) is 49.1 cm³/mol. The zero-order valence-corrected chi connectivity index (χ0v) is 13.4. The Morgan fingerprint density at radius 2 is 1.59 bits per heavy atom. The Bertz CT molecular complexity index is 288. The van der Waals surface area contributed by atoms with Crippen molar-refractivity contribution in [3.8, 4) is 0 Å². The maximum atomic E-state index is 12.9. The molecule has 0 aromatic carbocycles. The van der Waals surface area contributed by atoms with Crippen molar-refractivity contribution in [2.45, 2.75) is 37.8 Å². The molecule has 3 unspecified atom stereocenters. The second-order valence-electron chi connectivity index (χ2n) is 3.39. The van der Waals surface area contributed by atoms with Crippen molar-refractivity contribution in [1.29, 1.82) is 0 Å². The Hall–Kier alpha value is 1.27. The van der Waals surface area contributed by atoms with E-state index in [1.165, 1.54) is 0 Å². The molecule has 0 aliphatic heterocycles. The standard InChI is InChI=1S/C8H14F4O3S.K/c9-4-2-1-3-6(10)8(12)7(11)5-16(13,14)15;/h6-8H,1-5H2,(H,13,14,15);/q;+1/p-1. The molecule has 0 amide bonds. The van der Waals surface area contributed by atoms with E-state index in [-0.39, 0.29) is 64.2 Å². The summed E-state index contributed by atoms with van der Waals surface area (Å²) in [6.45, 7) is -0.683. The maximum Gasteiger partial charge on any atom is 1.00 e. The summed E-state index contributed by atoms with van der Waals surface area (Å²) in [5.41, 5.74) is 0. The van der Waals surface area contributed by atoms with E-state index in [4.69, 9.17) is 0 Å². The summed E-state index contributed by atoms with van der Waals surface area (Å²) in [5, 5.41) is 0. The maximum absolute atomic E-state index is 12.9. The third kappa shape index (κ3) is 10.8. The zero-order chi connectivity index (χ0) is 12.8. The molecule has 9 heteroatoms. The van der Waals surface area contributed by atoms with Gasteiger partial charge in [0, 0.05) is 0 Å². The van der Waals surface area contributed by atoms with Gasteiger partial charge in [-0.1, -0.05) is 0 Å². The molecular weight excluding hydrogens is 291 g/mol. The zero-order valence-electron chi connectivity index (χ0n) is 9.41. The van der Waals surface area contributed by atoms with Crippen molar-refractivity contribution in [1.82, 2.24) is 0 Å². The van der Waals surface area contributed by atoms with Gasteiger partial charge in [0.2, 0.25) is 0 Å². The van der Waals surface area contributed by atoms with Crippen LogP contribution >= 0.6 is 0 Å². The van der Waals surface area contributed by atoms with Gasteiger partial charge in [0.15, 0.2) is 6.17 Å². The first-order chi connectivity index (χ1) is 7.28. The second-order valence-corrected chi connectivity index (χ2v) is 4.83. The summed E-state index contributed by atoms with van der Waals surface area (Å²) in [6.07, 6.45) is -7.89. The van der Waals surface area contributed by atoms with E-state index in [0.29, 0.717) is 0 Å². The van der Waals surface area contributed by atoms with Crippen molar-refractivity contribution >= 4 is 10.1 Å². The van der Waals surface area contributed by atoms with Gasteiger partial charge in [0.25, 0.3) is 0 Å². The summed E-state index contributed by atoms with van der Waals surface area (Å²) < 4.78 is 80.5. The van der Waals surface area contributed by atoms with Crippen molar-refractivity contribution in [3.63, 3.8) is 0 Å². The van der Waals surface area contributed by atoms with Crippen molar-refractivity contribution < 1.29 is 81.9 Å². The summed E-state index contributed by atoms with van der Waals surface area (Å²) in [4.78, 5) is 0. The first kappa shape index (κ1) is 20.6. The van der Waals surface area contributed by atoms with Gasteiger partial charge >= 0.3 is 51.4 Å². The molecule has 0 fully saturated rings. The molecule has 0 radical (unpaired) electrons. The third-order valence-electron chi connectivity index (χ3n) is 1.92. The average molecular weight is 304 g/mol. The van der Waals surface area contributed by atoms with Gasteiger partial charge in [-0.25, -0.2) is 21.6 Å². The topological polar surface area (TPSA) is 57.2 Å². The van der Waals surface area contributed by atoms with E-state index < -0.39 is 47.5 Å². The number of unbranched alkanes of at least 4 members (excludes halogenated alkanes) is 1. The molecule has 0 spiro atoms. The van der Waals surface area contributed by atoms with Crippen LogP contribution in [0.15, 0.2) is 0 Å². The number of halogens is 4. The fourth-order valence-electron chi connectivity index (χ4n) is 1.11. The second kappa shape index (κ2) is 10.1. The number of rotatable bonds is 8. The van der Waals surface area contributed by atoms with E-state index in [9.17, 15) is 30.5 Å². The number of alkyl halides is 4. The molecule has 17 heavy (non-hydrogen) atoms. The van der Waals surface area contributed by atoms with Gasteiger partial charge in [0.1, 0.15) is 12.3 Å². The molecule has 0 saturated carbocycles. The summed E-state index contributed by atoms with van der Waals surface area (Å²) in [5.74, 6) is -1.59. The normalized spacial score (nSPS) is 17.0. The minimum atomic E-state index is -4.92. The van der Waals surface area contributed by atoms with Crippen LogP contribution in [-0.4, -0.2) is 43.9 Å². The van der Waals surface area contributed by atoms with Crippen LogP contribution in [0.2, 0.25) is 0 Å². The summed E-state index contributed by atoms with van der Waals surface area (Å²) in [6, 6.07) is 0. The van der Waals surface area contributed by atoms with E-state index in [0.717, 1.165) is 0 Å². The third-order valence-corrected chi connectivity index (χ3v) is 2.64. The molecular formula is C8H13F4KO3S. The van der Waals surface area contributed by atoms with Crippen molar-refractivity contribution in [3.05, 3.63) is 0 Å². The van der Waals surface area contributed by atoms with Gasteiger partial charge < -0.3 is 4.55 Å². The molecule has 0 saturated heterocycles. The van der Waals surface area contributed by atoms with Crippen LogP contribution in [0.25, 0.3) is 0 Å². The molecule has 0 aliphatic carbocycles. The van der Waals surface area contributed by atoms with Gasteiger partial charge in [-0.15, -0.1) is 0 Å². The first-order valence-electron chi connectivity index (χ1n) is 4.69. The van der Waals surface area contributed by atoms with Crippen LogP contribution in [0.3, 0.4) is 0 Å². The number of hydrogen-bond donors (Lipinski definition) is 0. The first-order valence-corrected chi connectivity index (χ1v) is 6.27. The van der Waals surface area contributed by atoms with Gasteiger partial charge in [-0.3, -0.25) is 4.39 Å². The van der Waals surface area contributed by atoms with Crippen molar-refractivity contribution in [2.24, 2.45) is 0 Å². The van der Waals surface area contributed by atoms with E-state index in [1.807, 2.05) is 0 Å². The van der Waals surface area contributed by atoms with Crippen molar-refractivity contribution in [2.75, 3.05) is 12.4 Å². The fraction of sp³-hybridized carbons (Fsp3) is 1.00. The Morgan fingerprint density at radius 3 is 2.00 bits per heavy atom. The summed E-state index contributed by atoms with van der Waals surface area (Å²) in [7, 11) is -4.92. The molecule has 0 bridgehead atoms. The average Bonchev–Trinajstić information content (AvgIpc) is 2.14. The van der Waals surface area contributed by atoms with Crippen LogP contribution in [-0.2, 0) is 10.1 Å². The van der Waals surface area contributed by atoms with Crippen LogP contribution in [0.5, 0.6) is 0 Å². The molecule has 0 rings (SSSR count). The van der Waals surface area contributed by atoms with Crippen LogP contribution in [0.1, 0.15) is 19.3 Å². The van der Waals surface area contributed by atoms with E-state index >= 15 is 0 Å². The minimum Gasteiger partial charge on any atom is -0.748 e. The monoisotopic (exact) mass is 304 g/mol. The smallest absolute Gasteiger partial charge is 0.748 e. The Labute approximate surface area is 141 Å². The van der Waals surface area contributed by atoms with Crippen LogP contribution in [0.4, 0.5) is 17.6 Å². The molecule has 0 aromatic heterocycles. The van der Waals surface area contributed by atoms with E-state index in [2.05, 4.69) is 0 Å². The predicted octanol–water partition coefficient (Wildman–Crippen LogP) is -1.31. The molecule has 98 valence electrons. The Kier molecular flexibility index (Phi) is 12.2. The Morgan fingerprint density at radius 1 is 1.06 bits per heavy atom. The molecule has 0 aliphatic rings. The molecule has 3 nitrogen and oxygen atoms in total. The SMILES string of the molecule is O=S(=O)([O-])CC(F)C(F)C(F)CCCCF.[K+].